The highest BCUT2D eigenvalue weighted by Gasteiger charge is 2.30. The van der Waals surface area contributed by atoms with E-state index in [1.54, 1.807) is 13.0 Å². The Balaban J connectivity index is 1.76. The van der Waals surface area contributed by atoms with Crippen LogP contribution >= 0.6 is 11.3 Å². The number of nitrogens with zero attached hydrogens (tertiary/aromatic N) is 2. The molecule has 1 aliphatic carbocycles. The molecule has 0 aliphatic heterocycles. The van der Waals surface area contributed by atoms with E-state index in [9.17, 15) is 14.4 Å². The van der Waals surface area contributed by atoms with Crippen molar-refractivity contribution in [1.29, 1.82) is 5.26 Å². The molecule has 9 heteroatoms. The summed E-state index contributed by atoms with van der Waals surface area (Å²) in [6.07, 6.45) is 5.51. The van der Waals surface area contributed by atoms with Gasteiger partial charge in [0, 0.05) is 25.4 Å². The summed E-state index contributed by atoms with van der Waals surface area (Å²) < 4.78 is 1.06. The number of fused-ring (bicyclic) bond motifs is 1. The summed E-state index contributed by atoms with van der Waals surface area (Å²) >= 11 is 1.53. The number of carbonyl (C=O) groups excluding carboxylic acids is 3. The van der Waals surface area contributed by atoms with Crippen LogP contribution in [0.5, 0.6) is 0 Å². The summed E-state index contributed by atoms with van der Waals surface area (Å²) in [6.45, 7) is 7.48. The zero-order chi connectivity index (χ0) is 25.4. The molecule has 1 fully saturated rings. The van der Waals surface area contributed by atoms with Crippen LogP contribution in [-0.2, 0) is 27.2 Å². The Labute approximate surface area is 210 Å². The van der Waals surface area contributed by atoms with Gasteiger partial charge in [-0.2, -0.15) is 5.26 Å². The number of aromatic nitrogens is 1. The zero-order valence-corrected chi connectivity index (χ0v) is 21.2. The van der Waals surface area contributed by atoms with E-state index in [1.165, 1.54) is 16.9 Å². The summed E-state index contributed by atoms with van der Waals surface area (Å²) in [6, 6.07) is 6.82. The number of nitriles is 1. The molecule has 0 unspecified atom stereocenters. The number of carbonyl (C=O) groups is 3. The standard InChI is InChI=1S/C26H33N5O3S/c1-4-17-10-11-19-22(12-17)35-24(30-19)13-20(29-23(32)5-2)26(34)31-21(18-8-6-7-9-18)15-28-25(33)16(3)14-27/h10-12,18,20-21H,3-9,13,15H2,1-2H3,(H,28,33)(H,29,32)(H,31,34)/t20-,21+/m0/s1. The Morgan fingerprint density at radius 3 is 2.63 bits per heavy atom. The maximum absolute atomic E-state index is 13.4. The van der Waals surface area contributed by atoms with Crippen molar-refractivity contribution >= 4 is 39.3 Å². The van der Waals surface area contributed by atoms with Gasteiger partial charge < -0.3 is 16.0 Å². The molecule has 8 nitrogen and oxygen atoms in total. The summed E-state index contributed by atoms with van der Waals surface area (Å²) in [5, 5.41) is 18.3. The van der Waals surface area contributed by atoms with E-state index in [0.29, 0.717) is 0 Å². The van der Waals surface area contributed by atoms with Gasteiger partial charge in [-0.15, -0.1) is 11.3 Å². The molecule has 0 bridgehead atoms. The average Bonchev–Trinajstić information content (AvgIpc) is 3.54. The third kappa shape index (κ3) is 7.12. The number of thiazole rings is 1. The molecular weight excluding hydrogens is 462 g/mol. The molecule has 3 rings (SSSR count). The first-order valence-electron chi connectivity index (χ1n) is 12.2. The van der Waals surface area contributed by atoms with Crippen molar-refractivity contribution in [3.8, 4) is 6.07 Å². The first-order chi connectivity index (χ1) is 16.8. The third-order valence-electron chi connectivity index (χ3n) is 6.45. The number of aryl methyl sites for hydroxylation is 1. The quantitative estimate of drug-likeness (QED) is 0.326. The maximum atomic E-state index is 13.4. The number of amides is 3. The Kier molecular flexibility index (Phi) is 9.38. The largest absolute Gasteiger partial charge is 0.350 e. The van der Waals surface area contributed by atoms with Crippen molar-refractivity contribution in [2.75, 3.05) is 6.54 Å². The van der Waals surface area contributed by atoms with Crippen molar-refractivity contribution in [3.63, 3.8) is 0 Å². The Hall–Kier alpha value is -3.25. The van der Waals surface area contributed by atoms with E-state index in [1.807, 2.05) is 6.07 Å². The van der Waals surface area contributed by atoms with Gasteiger partial charge in [-0.1, -0.05) is 39.3 Å². The molecular formula is C26H33N5O3S. The van der Waals surface area contributed by atoms with Crippen molar-refractivity contribution in [1.82, 2.24) is 20.9 Å². The molecule has 3 N–H and O–H groups in total. The van der Waals surface area contributed by atoms with Crippen LogP contribution < -0.4 is 16.0 Å². The van der Waals surface area contributed by atoms with Crippen LogP contribution in [0.4, 0.5) is 0 Å². The van der Waals surface area contributed by atoms with Crippen molar-refractivity contribution in [2.45, 2.75) is 70.9 Å². The first kappa shape index (κ1) is 26.4. The lowest BCUT2D eigenvalue weighted by Crippen LogP contribution is -2.54. The van der Waals surface area contributed by atoms with Gasteiger partial charge in [-0.05, 0) is 42.9 Å². The van der Waals surface area contributed by atoms with Gasteiger partial charge >= 0.3 is 0 Å². The highest BCUT2D eigenvalue weighted by molar-refractivity contribution is 7.18. The molecule has 1 heterocycles. The van der Waals surface area contributed by atoms with E-state index in [2.05, 4.69) is 46.6 Å². The number of nitrogens with one attached hydrogen (secondary N) is 3. The van der Waals surface area contributed by atoms with Gasteiger partial charge in [0.05, 0.1) is 15.2 Å². The fourth-order valence-electron chi connectivity index (χ4n) is 4.34. The minimum Gasteiger partial charge on any atom is -0.350 e. The minimum absolute atomic E-state index is 0.170. The second-order valence-electron chi connectivity index (χ2n) is 8.90. The molecule has 2 atom stereocenters. The lowest BCUT2D eigenvalue weighted by Gasteiger charge is -2.27. The van der Waals surface area contributed by atoms with E-state index in [-0.39, 0.29) is 48.7 Å². The van der Waals surface area contributed by atoms with Crippen LogP contribution in [0.15, 0.2) is 30.4 Å². The zero-order valence-electron chi connectivity index (χ0n) is 20.4. The molecule has 2 aromatic rings. The van der Waals surface area contributed by atoms with Crippen molar-refractivity contribution in [2.24, 2.45) is 5.92 Å². The van der Waals surface area contributed by atoms with Crippen LogP contribution in [0.3, 0.4) is 0 Å². The van der Waals surface area contributed by atoms with E-state index in [4.69, 9.17) is 5.26 Å². The van der Waals surface area contributed by atoms with Crippen LogP contribution in [0, 0.1) is 17.2 Å². The smallest absolute Gasteiger partial charge is 0.261 e. The highest BCUT2D eigenvalue weighted by atomic mass is 32.1. The normalized spacial score (nSPS) is 15.2. The molecule has 0 radical (unpaired) electrons. The fourth-order valence-corrected chi connectivity index (χ4v) is 5.42. The molecule has 1 aliphatic rings. The number of benzene rings is 1. The molecule has 1 aromatic heterocycles. The molecule has 35 heavy (non-hydrogen) atoms. The van der Waals surface area contributed by atoms with Gasteiger partial charge in [-0.3, -0.25) is 14.4 Å². The molecule has 0 saturated heterocycles. The lowest BCUT2D eigenvalue weighted by molar-refractivity contribution is -0.129. The van der Waals surface area contributed by atoms with E-state index >= 15 is 0 Å². The van der Waals surface area contributed by atoms with Crippen molar-refractivity contribution in [3.05, 3.63) is 40.9 Å². The number of rotatable bonds is 11. The fraction of sp³-hybridized carbons (Fsp3) is 0.500. The molecule has 1 saturated carbocycles. The van der Waals surface area contributed by atoms with Gasteiger partial charge in [0.2, 0.25) is 11.8 Å². The van der Waals surface area contributed by atoms with Crippen LogP contribution in [0.25, 0.3) is 10.2 Å². The summed E-state index contributed by atoms with van der Waals surface area (Å²) in [5.41, 5.74) is 1.94. The second kappa shape index (κ2) is 12.5. The monoisotopic (exact) mass is 495 g/mol. The van der Waals surface area contributed by atoms with Gasteiger partial charge in [0.25, 0.3) is 5.91 Å². The highest BCUT2D eigenvalue weighted by Crippen LogP contribution is 2.28. The average molecular weight is 496 g/mol. The second-order valence-corrected chi connectivity index (χ2v) is 10.0. The first-order valence-corrected chi connectivity index (χ1v) is 13.0. The summed E-state index contributed by atoms with van der Waals surface area (Å²) in [7, 11) is 0. The van der Waals surface area contributed by atoms with Gasteiger partial charge in [-0.25, -0.2) is 4.98 Å². The summed E-state index contributed by atoms with van der Waals surface area (Å²) in [4.78, 5) is 42.4. The van der Waals surface area contributed by atoms with E-state index < -0.39 is 11.9 Å². The van der Waals surface area contributed by atoms with Crippen LogP contribution in [-0.4, -0.2) is 41.3 Å². The Bertz CT molecular complexity index is 1130. The SMILES string of the molecule is C=C(C#N)C(=O)NC[C@@H](NC(=O)[C@H](Cc1nc2ccc(CC)cc2s1)NC(=O)CC)C1CCCC1. The molecule has 3 amide bonds. The minimum atomic E-state index is -0.776. The molecule has 1 aromatic carbocycles. The third-order valence-corrected chi connectivity index (χ3v) is 7.49. The Morgan fingerprint density at radius 2 is 1.97 bits per heavy atom. The van der Waals surface area contributed by atoms with Gasteiger partial charge in [0.15, 0.2) is 0 Å². The predicted molar refractivity (Wildman–Crippen MR) is 137 cm³/mol. The van der Waals surface area contributed by atoms with Crippen LogP contribution in [0.1, 0.15) is 56.5 Å². The van der Waals surface area contributed by atoms with E-state index in [0.717, 1.165) is 47.3 Å². The molecule has 186 valence electrons. The lowest BCUT2D eigenvalue weighted by atomic mass is 9.97. The van der Waals surface area contributed by atoms with Gasteiger partial charge in [0.1, 0.15) is 17.7 Å². The maximum Gasteiger partial charge on any atom is 0.261 e. The van der Waals surface area contributed by atoms with Crippen LogP contribution in [0.2, 0.25) is 0 Å². The number of hydrogen-bond acceptors (Lipinski definition) is 6. The van der Waals surface area contributed by atoms with Crippen molar-refractivity contribution < 1.29 is 14.4 Å². The molecule has 0 spiro atoms. The Morgan fingerprint density at radius 1 is 1.23 bits per heavy atom. The topological polar surface area (TPSA) is 124 Å². The summed E-state index contributed by atoms with van der Waals surface area (Å²) in [5.74, 6) is -0.838. The predicted octanol–water partition coefficient (Wildman–Crippen LogP) is 3.17. The number of hydrogen-bond donors (Lipinski definition) is 3.